The van der Waals surface area contributed by atoms with Gasteiger partial charge in [-0.25, -0.2) is 0 Å². The Kier molecular flexibility index (Phi) is 3.05. The first kappa shape index (κ1) is 12.3. The molecule has 5 heteroatoms. The zero-order valence-corrected chi connectivity index (χ0v) is 10.5. The predicted octanol–water partition coefficient (Wildman–Crippen LogP) is 1.96. The fraction of sp³-hybridized carbons (Fsp3) is 0.417. The highest BCUT2D eigenvalue weighted by atomic mass is 32.2. The van der Waals surface area contributed by atoms with Crippen LogP contribution in [0.25, 0.3) is 0 Å². The second-order valence-electron chi connectivity index (χ2n) is 4.60. The van der Waals surface area contributed by atoms with Crippen molar-refractivity contribution < 1.29 is 15.0 Å². The van der Waals surface area contributed by atoms with Gasteiger partial charge < -0.3 is 10.2 Å². The van der Waals surface area contributed by atoms with Gasteiger partial charge in [-0.05, 0) is 19.9 Å². The van der Waals surface area contributed by atoms with E-state index in [1.54, 1.807) is 18.2 Å². The SMILES string of the molecule is CC1(C)SC(c2ccccc2O)NC1C(=O)O. The molecule has 1 heterocycles. The van der Waals surface area contributed by atoms with E-state index in [0.717, 1.165) is 5.56 Å². The lowest BCUT2D eigenvalue weighted by Gasteiger charge is -2.20. The molecule has 4 nitrogen and oxygen atoms in total. The van der Waals surface area contributed by atoms with Crippen molar-refractivity contribution in [3.05, 3.63) is 29.8 Å². The van der Waals surface area contributed by atoms with E-state index >= 15 is 0 Å². The summed E-state index contributed by atoms with van der Waals surface area (Å²) in [4.78, 5) is 11.1. The summed E-state index contributed by atoms with van der Waals surface area (Å²) >= 11 is 1.52. The van der Waals surface area contributed by atoms with Gasteiger partial charge in [0.2, 0.25) is 0 Å². The monoisotopic (exact) mass is 253 g/mol. The molecule has 1 fully saturated rings. The van der Waals surface area contributed by atoms with Crippen molar-refractivity contribution in [2.24, 2.45) is 0 Å². The van der Waals surface area contributed by atoms with Crippen molar-refractivity contribution in [1.82, 2.24) is 5.32 Å². The molecule has 1 aromatic rings. The molecule has 0 amide bonds. The first-order chi connectivity index (χ1) is 7.92. The molecule has 2 rings (SSSR count). The summed E-state index contributed by atoms with van der Waals surface area (Å²) in [5, 5.41) is 21.8. The first-order valence-electron chi connectivity index (χ1n) is 5.36. The van der Waals surface area contributed by atoms with Crippen LogP contribution in [0.2, 0.25) is 0 Å². The predicted molar refractivity (Wildman–Crippen MR) is 67.1 cm³/mol. The number of aliphatic carboxylic acids is 1. The molecule has 0 saturated carbocycles. The molecule has 0 spiro atoms. The smallest absolute Gasteiger partial charge is 0.322 e. The average Bonchev–Trinajstić information content (AvgIpc) is 2.55. The number of carboxylic acids is 1. The van der Waals surface area contributed by atoms with Crippen LogP contribution in [-0.4, -0.2) is 27.0 Å². The van der Waals surface area contributed by atoms with Crippen molar-refractivity contribution in [3.63, 3.8) is 0 Å². The number of hydrogen-bond acceptors (Lipinski definition) is 4. The topological polar surface area (TPSA) is 69.6 Å². The van der Waals surface area contributed by atoms with Crippen LogP contribution in [0, 0.1) is 0 Å². The van der Waals surface area contributed by atoms with Crippen LogP contribution in [0.4, 0.5) is 0 Å². The number of phenolic OH excluding ortho intramolecular Hbond substituents is 1. The summed E-state index contributed by atoms with van der Waals surface area (Å²) in [6.45, 7) is 3.78. The fourth-order valence-electron chi connectivity index (χ4n) is 1.99. The third-order valence-electron chi connectivity index (χ3n) is 2.90. The maximum Gasteiger partial charge on any atom is 0.322 e. The maximum atomic E-state index is 11.1. The van der Waals surface area contributed by atoms with E-state index in [1.165, 1.54) is 11.8 Å². The average molecular weight is 253 g/mol. The van der Waals surface area contributed by atoms with Crippen molar-refractivity contribution in [2.45, 2.75) is 30.0 Å². The largest absolute Gasteiger partial charge is 0.508 e. The minimum absolute atomic E-state index is 0.188. The summed E-state index contributed by atoms with van der Waals surface area (Å²) < 4.78 is -0.404. The van der Waals surface area contributed by atoms with Gasteiger partial charge in [-0.2, -0.15) is 0 Å². The zero-order valence-electron chi connectivity index (χ0n) is 9.68. The van der Waals surface area contributed by atoms with Gasteiger partial charge in [0.1, 0.15) is 11.8 Å². The van der Waals surface area contributed by atoms with Gasteiger partial charge in [0, 0.05) is 10.3 Å². The number of benzene rings is 1. The van der Waals surface area contributed by atoms with Crippen LogP contribution in [0.1, 0.15) is 24.8 Å². The Bertz CT molecular complexity index is 447. The summed E-state index contributed by atoms with van der Waals surface area (Å²) in [6.07, 6.45) is 0. The molecule has 1 aliphatic heterocycles. The van der Waals surface area contributed by atoms with Gasteiger partial charge in [-0.3, -0.25) is 10.1 Å². The maximum absolute atomic E-state index is 11.1. The molecule has 0 aromatic heterocycles. The third-order valence-corrected chi connectivity index (χ3v) is 4.37. The van der Waals surface area contributed by atoms with Crippen LogP contribution in [0.3, 0.4) is 0 Å². The fourth-order valence-corrected chi connectivity index (χ4v) is 3.43. The van der Waals surface area contributed by atoms with Gasteiger partial charge in [0.25, 0.3) is 0 Å². The number of para-hydroxylation sites is 1. The van der Waals surface area contributed by atoms with Crippen LogP contribution < -0.4 is 5.32 Å². The second kappa shape index (κ2) is 4.23. The van der Waals surface area contributed by atoms with E-state index in [4.69, 9.17) is 5.11 Å². The highest BCUT2D eigenvalue weighted by Crippen LogP contribution is 2.47. The molecule has 0 bridgehead atoms. The molecule has 0 radical (unpaired) electrons. The molecule has 17 heavy (non-hydrogen) atoms. The first-order valence-corrected chi connectivity index (χ1v) is 6.24. The normalized spacial score (nSPS) is 26.9. The molecule has 1 saturated heterocycles. The van der Waals surface area contributed by atoms with Crippen LogP contribution >= 0.6 is 11.8 Å². The third kappa shape index (κ3) is 2.25. The van der Waals surface area contributed by atoms with E-state index in [2.05, 4.69) is 5.32 Å². The van der Waals surface area contributed by atoms with Gasteiger partial charge >= 0.3 is 5.97 Å². The lowest BCUT2D eigenvalue weighted by Crippen LogP contribution is -2.43. The second-order valence-corrected chi connectivity index (χ2v) is 6.36. The Morgan fingerprint density at radius 2 is 2.06 bits per heavy atom. The van der Waals surface area contributed by atoms with Crippen molar-refractivity contribution >= 4 is 17.7 Å². The van der Waals surface area contributed by atoms with E-state index in [0.29, 0.717) is 0 Å². The quantitative estimate of drug-likeness (QED) is 0.751. The molecule has 1 aliphatic rings. The molecule has 92 valence electrons. The minimum Gasteiger partial charge on any atom is -0.508 e. The van der Waals surface area contributed by atoms with E-state index < -0.39 is 16.8 Å². The van der Waals surface area contributed by atoms with Crippen molar-refractivity contribution in [2.75, 3.05) is 0 Å². The standard InChI is InChI=1S/C12H15NO3S/c1-12(2)9(11(15)16)13-10(17-12)7-5-3-4-6-8(7)14/h3-6,9-10,13-14H,1-2H3,(H,15,16). The number of hydrogen-bond donors (Lipinski definition) is 3. The highest BCUT2D eigenvalue weighted by Gasteiger charge is 2.46. The Balaban J connectivity index is 2.28. The lowest BCUT2D eigenvalue weighted by atomic mass is 10.0. The molecule has 3 N–H and O–H groups in total. The molecular formula is C12H15NO3S. The van der Waals surface area contributed by atoms with E-state index in [-0.39, 0.29) is 11.1 Å². The molecular weight excluding hydrogens is 238 g/mol. The zero-order chi connectivity index (χ0) is 12.6. The summed E-state index contributed by atoms with van der Waals surface area (Å²) in [7, 11) is 0. The van der Waals surface area contributed by atoms with Gasteiger partial charge in [-0.15, -0.1) is 11.8 Å². The number of carboxylic acid groups (broad SMARTS) is 1. The molecule has 2 unspecified atom stereocenters. The Morgan fingerprint density at radius 1 is 1.41 bits per heavy atom. The van der Waals surface area contributed by atoms with Crippen molar-refractivity contribution in [3.8, 4) is 5.75 Å². The Hall–Kier alpha value is -1.20. The summed E-state index contributed by atoms with van der Waals surface area (Å²) in [5.41, 5.74) is 0.731. The van der Waals surface area contributed by atoms with E-state index in [1.807, 2.05) is 19.9 Å². The summed E-state index contributed by atoms with van der Waals surface area (Å²) in [5.74, 6) is -0.667. The van der Waals surface area contributed by atoms with Crippen LogP contribution in [0.15, 0.2) is 24.3 Å². The highest BCUT2D eigenvalue weighted by molar-refractivity contribution is 8.01. The van der Waals surface area contributed by atoms with Crippen LogP contribution in [-0.2, 0) is 4.79 Å². The number of carbonyl (C=O) groups is 1. The number of rotatable bonds is 2. The minimum atomic E-state index is -0.861. The van der Waals surface area contributed by atoms with Gasteiger partial charge in [0.15, 0.2) is 0 Å². The van der Waals surface area contributed by atoms with Gasteiger partial charge in [0.05, 0.1) is 5.37 Å². The van der Waals surface area contributed by atoms with E-state index in [9.17, 15) is 9.90 Å². The lowest BCUT2D eigenvalue weighted by molar-refractivity contribution is -0.139. The number of nitrogens with one attached hydrogen (secondary N) is 1. The van der Waals surface area contributed by atoms with Crippen LogP contribution in [0.5, 0.6) is 5.75 Å². The molecule has 1 aromatic carbocycles. The Labute approximate surface area is 104 Å². The van der Waals surface area contributed by atoms with Gasteiger partial charge in [-0.1, -0.05) is 18.2 Å². The Morgan fingerprint density at radius 3 is 2.59 bits per heavy atom. The summed E-state index contributed by atoms with van der Waals surface area (Å²) in [6, 6.07) is 6.38. The molecule has 2 atom stereocenters. The number of thioether (sulfide) groups is 1. The molecule has 0 aliphatic carbocycles. The van der Waals surface area contributed by atoms with Crippen molar-refractivity contribution in [1.29, 1.82) is 0 Å². The number of aromatic hydroxyl groups is 1. The number of phenols is 1.